The second-order valence-corrected chi connectivity index (χ2v) is 6.07. The highest BCUT2D eigenvalue weighted by Gasteiger charge is 2.26. The van der Waals surface area contributed by atoms with Gasteiger partial charge in [0.1, 0.15) is 0 Å². The van der Waals surface area contributed by atoms with Crippen molar-refractivity contribution >= 4 is 29.5 Å². The third kappa shape index (κ3) is 5.05. The number of hydrogen-bond donors (Lipinski definition) is 2. The average molecular weight is 361 g/mol. The van der Waals surface area contributed by atoms with E-state index in [-0.39, 0.29) is 17.5 Å². The lowest BCUT2D eigenvalue weighted by Gasteiger charge is -2.18. The van der Waals surface area contributed by atoms with Crippen LogP contribution in [0.5, 0.6) is 0 Å². The zero-order chi connectivity index (χ0) is 19.1. The highest BCUT2D eigenvalue weighted by Crippen LogP contribution is 2.25. The summed E-state index contributed by atoms with van der Waals surface area (Å²) in [6.07, 6.45) is 1.90. The quantitative estimate of drug-likeness (QED) is 0.749. The van der Waals surface area contributed by atoms with Crippen molar-refractivity contribution in [3.8, 4) is 0 Å². The summed E-state index contributed by atoms with van der Waals surface area (Å²) in [7, 11) is 0. The summed E-state index contributed by atoms with van der Waals surface area (Å²) in [6.45, 7) is 3.66. The second kappa shape index (κ2) is 8.98. The van der Waals surface area contributed by atoms with E-state index in [9.17, 15) is 19.2 Å². The molecule has 26 heavy (non-hydrogen) atoms. The SMILES string of the molecule is CC[C@H](C)NC(=O)NC(=O)COC(=O)c1ccccc1N1CCCC1=O. The summed E-state index contributed by atoms with van der Waals surface area (Å²) < 4.78 is 4.99. The minimum Gasteiger partial charge on any atom is -0.452 e. The predicted octanol–water partition coefficient (Wildman–Crippen LogP) is 1.59. The van der Waals surface area contributed by atoms with Gasteiger partial charge in [0.2, 0.25) is 5.91 Å². The predicted molar refractivity (Wildman–Crippen MR) is 94.7 cm³/mol. The van der Waals surface area contributed by atoms with Crippen LogP contribution in [0.4, 0.5) is 10.5 Å². The van der Waals surface area contributed by atoms with Crippen molar-refractivity contribution in [2.45, 2.75) is 39.2 Å². The van der Waals surface area contributed by atoms with Crippen LogP contribution < -0.4 is 15.5 Å². The molecule has 1 atom stereocenters. The van der Waals surface area contributed by atoms with Gasteiger partial charge in [0.15, 0.2) is 6.61 Å². The third-order valence-electron chi connectivity index (χ3n) is 4.07. The van der Waals surface area contributed by atoms with Gasteiger partial charge in [0.25, 0.3) is 5.91 Å². The topological polar surface area (TPSA) is 105 Å². The molecular weight excluding hydrogens is 338 g/mol. The fourth-order valence-electron chi connectivity index (χ4n) is 2.52. The number of para-hydroxylation sites is 1. The van der Waals surface area contributed by atoms with Crippen molar-refractivity contribution in [1.29, 1.82) is 0 Å². The van der Waals surface area contributed by atoms with Crippen LogP contribution in [0.2, 0.25) is 0 Å². The number of esters is 1. The Balaban J connectivity index is 1.93. The molecule has 1 saturated heterocycles. The van der Waals surface area contributed by atoms with Crippen molar-refractivity contribution in [1.82, 2.24) is 10.6 Å². The van der Waals surface area contributed by atoms with E-state index in [0.717, 1.165) is 12.8 Å². The van der Waals surface area contributed by atoms with Gasteiger partial charge >= 0.3 is 12.0 Å². The molecule has 1 heterocycles. The number of benzene rings is 1. The number of ether oxygens (including phenoxy) is 1. The number of anilines is 1. The minimum atomic E-state index is -0.728. The first-order valence-electron chi connectivity index (χ1n) is 8.59. The Labute approximate surface area is 151 Å². The molecule has 4 amide bonds. The maximum atomic E-state index is 12.3. The smallest absolute Gasteiger partial charge is 0.340 e. The fraction of sp³-hybridized carbons (Fsp3) is 0.444. The number of rotatable bonds is 6. The Morgan fingerprint density at radius 3 is 2.65 bits per heavy atom. The van der Waals surface area contributed by atoms with Crippen LogP contribution in [0.15, 0.2) is 24.3 Å². The number of imide groups is 1. The van der Waals surface area contributed by atoms with Gasteiger partial charge in [-0.25, -0.2) is 9.59 Å². The number of amides is 4. The van der Waals surface area contributed by atoms with Gasteiger partial charge in [-0.3, -0.25) is 14.9 Å². The second-order valence-electron chi connectivity index (χ2n) is 6.07. The fourth-order valence-corrected chi connectivity index (χ4v) is 2.52. The van der Waals surface area contributed by atoms with Crippen LogP contribution in [0.25, 0.3) is 0 Å². The van der Waals surface area contributed by atoms with Crippen molar-refractivity contribution in [3.05, 3.63) is 29.8 Å². The van der Waals surface area contributed by atoms with E-state index in [4.69, 9.17) is 4.74 Å². The van der Waals surface area contributed by atoms with Gasteiger partial charge in [-0.05, 0) is 31.9 Å². The maximum absolute atomic E-state index is 12.3. The monoisotopic (exact) mass is 361 g/mol. The lowest BCUT2D eigenvalue weighted by Crippen LogP contribution is -2.44. The minimum absolute atomic E-state index is 0.0512. The lowest BCUT2D eigenvalue weighted by molar-refractivity contribution is -0.123. The van der Waals surface area contributed by atoms with Crippen LogP contribution in [-0.2, 0) is 14.3 Å². The Morgan fingerprint density at radius 1 is 1.27 bits per heavy atom. The van der Waals surface area contributed by atoms with Gasteiger partial charge in [0, 0.05) is 19.0 Å². The third-order valence-corrected chi connectivity index (χ3v) is 4.07. The molecule has 1 aliphatic rings. The molecule has 0 spiro atoms. The molecule has 1 aromatic rings. The van der Waals surface area contributed by atoms with E-state index < -0.39 is 24.5 Å². The van der Waals surface area contributed by atoms with Gasteiger partial charge in [-0.2, -0.15) is 0 Å². The zero-order valence-electron chi connectivity index (χ0n) is 14.9. The van der Waals surface area contributed by atoms with Crippen LogP contribution in [0.1, 0.15) is 43.5 Å². The molecule has 2 N–H and O–H groups in total. The average Bonchev–Trinajstić information content (AvgIpc) is 3.05. The normalized spacial score (nSPS) is 14.7. The molecule has 0 unspecified atom stereocenters. The summed E-state index contributed by atoms with van der Waals surface area (Å²) in [6, 6.07) is 5.87. The zero-order valence-corrected chi connectivity index (χ0v) is 14.9. The summed E-state index contributed by atoms with van der Waals surface area (Å²) in [5.41, 5.74) is 0.675. The van der Waals surface area contributed by atoms with Crippen LogP contribution in [0.3, 0.4) is 0 Å². The van der Waals surface area contributed by atoms with Crippen LogP contribution >= 0.6 is 0 Å². The molecule has 1 aromatic carbocycles. The summed E-state index contributed by atoms with van der Waals surface area (Å²) >= 11 is 0. The van der Waals surface area contributed by atoms with Crippen molar-refractivity contribution < 1.29 is 23.9 Å². The number of nitrogens with zero attached hydrogens (tertiary/aromatic N) is 1. The first kappa shape index (κ1) is 19.4. The van der Waals surface area contributed by atoms with Crippen LogP contribution in [0, 0.1) is 0 Å². The summed E-state index contributed by atoms with van der Waals surface area (Å²) in [4.78, 5) is 49.1. The number of nitrogens with one attached hydrogen (secondary N) is 2. The molecule has 0 saturated carbocycles. The number of carbonyl (C=O) groups excluding carboxylic acids is 4. The van der Waals surface area contributed by atoms with Crippen molar-refractivity contribution in [2.24, 2.45) is 0 Å². The highest BCUT2D eigenvalue weighted by molar-refractivity contribution is 6.04. The van der Waals surface area contributed by atoms with E-state index in [1.165, 1.54) is 11.0 Å². The lowest BCUT2D eigenvalue weighted by atomic mass is 10.1. The van der Waals surface area contributed by atoms with E-state index in [1.807, 2.05) is 6.92 Å². The Bertz CT molecular complexity index is 704. The molecule has 0 radical (unpaired) electrons. The van der Waals surface area contributed by atoms with E-state index in [2.05, 4.69) is 10.6 Å². The molecule has 0 bridgehead atoms. The first-order valence-corrected chi connectivity index (χ1v) is 8.59. The van der Waals surface area contributed by atoms with Gasteiger partial charge in [0.05, 0.1) is 11.3 Å². The largest absolute Gasteiger partial charge is 0.452 e. The Kier molecular flexibility index (Phi) is 6.71. The van der Waals surface area contributed by atoms with Gasteiger partial charge in [-0.15, -0.1) is 0 Å². The molecule has 2 rings (SSSR count). The standard InChI is InChI=1S/C18H23N3O5/c1-3-12(2)19-18(25)20-15(22)11-26-17(24)13-7-4-5-8-14(13)21-10-6-9-16(21)23/h4-5,7-8,12H,3,6,9-11H2,1-2H3,(H2,19,20,22,25)/t12-/m0/s1. The number of urea groups is 1. The molecule has 8 heteroatoms. The molecule has 0 aromatic heterocycles. The van der Waals surface area contributed by atoms with Gasteiger partial charge < -0.3 is 15.0 Å². The summed E-state index contributed by atoms with van der Waals surface area (Å²) in [5, 5.41) is 4.67. The van der Waals surface area contributed by atoms with Crippen LogP contribution in [-0.4, -0.2) is 43.0 Å². The van der Waals surface area contributed by atoms with E-state index >= 15 is 0 Å². The van der Waals surface area contributed by atoms with E-state index in [0.29, 0.717) is 18.7 Å². The Hall–Kier alpha value is -2.90. The summed E-state index contributed by atoms with van der Waals surface area (Å²) in [5.74, 6) is -1.50. The molecule has 0 aliphatic carbocycles. The number of carbonyl (C=O) groups is 4. The molecular formula is C18H23N3O5. The molecule has 1 fully saturated rings. The maximum Gasteiger partial charge on any atom is 0.340 e. The molecule has 8 nitrogen and oxygen atoms in total. The van der Waals surface area contributed by atoms with E-state index in [1.54, 1.807) is 25.1 Å². The highest BCUT2D eigenvalue weighted by atomic mass is 16.5. The molecule has 1 aliphatic heterocycles. The first-order chi connectivity index (χ1) is 12.4. The number of hydrogen-bond acceptors (Lipinski definition) is 5. The van der Waals surface area contributed by atoms with Crippen molar-refractivity contribution in [3.63, 3.8) is 0 Å². The molecule has 140 valence electrons. The van der Waals surface area contributed by atoms with Crippen molar-refractivity contribution in [2.75, 3.05) is 18.1 Å². The Morgan fingerprint density at radius 2 is 2.00 bits per heavy atom. The van der Waals surface area contributed by atoms with Gasteiger partial charge in [-0.1, -0.05) is 19.1 Å².